The van der Waals surface area contributed by atoms with E-state index in [-0.39, 0.29) is 11.8 Å². The molecule has 0 saturated carbocycles. The van der Waals surface area contributed by atoms with E-state index in [1.807, 2.05) is 0 Å². The second-order valence-corrected chi connectivity index (χ2v) is 4.85. The van der Waals surface area contributed by atoms with Gasteiger partial charge in [0.25, 0.3) is 0 Å². The molecule has 1 aliphatic rings. The Balaban J connectivity index is 2.30. The molecule has 110 valence electrons. The summed E-state index contributed by atoms with van der Waals surface area (Å²) in [7, 11) is 0. The molecule has 1 aliphatic heterocycles. The third kappa shape index (κ3) is 3.02. The Morgan fingerprint density at radius 2 is 2.10 bits per heavy atom. The van der Waals surface area contributed by atoms with Crippen molar-refractivity contribution >= 4 is 11.8 Å². The molecular formula is C13H15F3N2O2. The molecule has 1 aromatic heterocycles. The highest BCUT2D eigenvalue weighted by atomic mass is 19.4. The number of anilines is 1. The van der Waals surface area contributed by atoms with E-state index < -0.39 is 18.0 Å². The largest absolute Gasteiger partial charge is 0.446 e. The summed E-state index contributed by atoms with van der Waals surface area (Å²) in [6.07, 6.45) is -4.33. The summed E-state index contributed by atoms with van der Waals surface area (Å²) in [5.41, 5.74) is -0.253. The maximum absolute atomic E-state index is 12.6. The van der Waals surface area contributed by atoms with Gasteiger partial charge in [0, 0.05) is 6.54 Å². The Morgan fingerprint density at radius 1 is 1.40 bits per heavy atom. The van der Waals surface area contributed by atoms with Gasteiger partial charge < -0.3 is 4.74 Å². The first-order chi connectivity index (χ1) is 9.29. The lowest BCUT2D eigenvalue weighted by Gasteiger charge is -2.29. The van der Waals surface area contributed by atoms with Crippen LogP contribution in [0.1, 0.15) is 31.7 Å². The van der Waals surface area contributed by atoms with E-state index in [4.69, 9.17) is 4.74 Å². The molecule has 0 bridgehead atoms. The number of hydrogen-bond donors (Lipinski definition) is 0. The monoisotopic (exact) mass is 288 g/mol. The molecule has 0 fully saturated rings. The highest BCUT2D eigenvalue weighted by Crippen LogP contribution is 2.32. The van der Waals surface area contributed by atoms with E-state index in [9.17, 15) is 18.0 Å². The number of rotatable bonds is 1. The first-order valence-electron chi connectivity index (χ1n) is 6.34. The number of carbonyl (C=O) groups excluding carboxylic acids is 1. The molecule has 20 heavy (non-hydrogen) atoms. The van der Waals surface area contributed by atoms with Gasteiger partial charge in [-0.15, -0.1) is 0 Å². The van der Waals surface area contributed by atoms with Crippen molar-refractivity contribution in [3.05, 3.63) is 23.5 Å². The summed E-state index contributed by atoms with van der Waals surface area (Å²) in [5, 5.41) is 0. The number of fused-ring (bicyclic) bond motifs is 1. The maximum atomic E-state index is 12.6. The van der Waals surface area contributed by atoms with Crippen molar-refractivity contribution in [2.24, 2.45) is 0 Å². The van der Waals surface area contributed by atoms with Gasteiger partial charge in [-0.25, -0.2) is 9.78 Å². The van der Waals surface area contributed by atoms with Gasteiger partial charge in [0.05, 0.1) is 17.5 Å². The third-order valence-corrected chi connectivity index (χ3v) is 2.88. The van der Waals surface area contributed by atoms with E-state index in [1.54, 1.807) is 13.8 Å². The number of nitrogens with zero attached hydrogens (tertiary/aromatic N) is 2. The van der Waals surface area contributed by atoms with Crippen molar-refractivity contribution in [3.63, 3.8) is 0 Å². The van der Waals surface area contributed by atoms with Crippen LogP contribution in [0, 0.1) is 0 Å². The van der Waals surface area contributed by atoms with E-state index in [2.05, 4.69) is 4.98 Å². The maximum Gasteiger partial charge on any atom is 0.433 e. The fourth-order valence-corrected chi connectivity index (χ4v) is 2.06. The van der Waals surface area contributed by atoms with Crippen LogP contribution in [0.5, 0.6) is 0 Å². The van der Waals surface area contributed by atoms with Crippen molar-refractivity contribution in [1.82, 2.24) is 4.98 Å². The highest BCUT2D eigenvalue weighted by molar-refractivity contribution is 5.88. The number of halogens is 3. The minimum Gasteiger partial charge on any atom is -0.446 e. The summed E-state index contributed by atoms with van der Waals surface area (Å²) >= 11 is 0. The highest BCUT2D eigenvalue weighted by Gasteiger charge is 2.34. The van der Waals surface area contributed by atoms with E-state index in [0.29, 0.717) is 25.1 Å². The van der Waals surface area contributed by atoms with Crippen LogP contribution in [0.15, 0.2) is 12.1 Å². The fourth-order valence-electron chi connectivity index (χ4n) is 2.06. The molecule has 0 radical (unpaired) electrons. The number of aryl methyl sites for hydroxylation is 1. The summed E-state index contributed by atoms with van der Waals surface area (Å²) < 4.78 is 42.9. The molecule has 2 rings (SSSR count). The first-order valence-corrected chi connectivity index (χ1v) is 6.34. The Bertz CT molecular complexity index is 515. The number of carbonyl (C=O) groups is 1. The number of ether oxygens (including phenoxy) is 1. The lowest BCUT2D eigenvalue weighted by Crippen LogP contribution is -2.37. The van der Waals surface area contributed by atoms with Crippen LogP contribution >= 0.6 is 0 Å². The minimum atomic E-state index is -4.48. The van der Waals surface area contributed by atoms with Gasteiger partial charge in [-0.1, -0.05) is 0 Å². The molecule has 1 aromatic rings. The molecule has 0 aliphatic carbocycles. The molecule has 0 spiro atoms. The standard InChI is InChI=1S/C13H15F3N2O2/c1-8(2)20-12(19)18-7-3-4-9-10(18)5-6-11(17-9)13(14,15)16/h5-6,8H,3-4,7H2,1-2H3. The van der Waals surface area contributed by atoms with Crippen molar-refractivity contribution < 1.29 is 22.7 Å². The topological polar surface area (TPSA) is 42.4 Å². The van der Waals surface area contributed by atoms with E-state index in [1.165, 1.54) is 11.0 Å². The SMILES string of the molecule is CC(C)OC(=O)N1CCCc2nc(C(F)(F)F)ccc21. The van der Waals surface area contributed by atoms with Crippen LogP contribution in [0.2, 0.25) is 0 Å². The molecule has 0 unspecified atom stereocenters. The smallest absolute Gasteiger partial charge is 0.433 e. The van der Waals surface area contributed by atoms with Gasteiger partial charge >= 0.3 is 12.3 Å². The molecule has 0 saturated heterocycles. The van der Waals surface area contributed by atoms with E-state index in [0.717, 1.165) is 6.07 Å². The van der Waals surface area contributed by atoms with Crippen LogP contribution in [0.3, 0.4) is 0 Å². The predicted molar refractivity (Wildman–Crippen MR) is 66.5 cm³/mol. The molecule has 7 heteroatoms. The summed E-state index contributed by atoms with van der Waals surface area (Å²) in [5.74, 6) is 0. The Morgan fingerprint density at radius 3 is 2.70 bits per heavy atom. The van der Waals surface area contributed by atoms with Gasteiger partial charge in [0.15, 0.2) is 0 Å². The number of pyridine rings is 1. The van der Waals surface area contributed by atoms with Gasteiger partial charge in [-0.3, -0.25) is 4.90 Å². The fraction of sp³-hybridized carbons (Fsp3) is 0.538. The van der Waals surface area contributed by atoms with Gasteiger partial charge in [0.1, 0.15) is 5.69 Å². The van der Waals surface area contributed by atoms with Crippen molar-refractivity contribution in [2.45, 2.75) is 39.0 Å². The summed E-state index contributed by atoms with van der Waals surface area (Å²) in [6.45, 7) is 3.85. The normalized spacial score (nSPS) is 15.2. The lowest BCUT2D eigenvalue weighted by atomic mass is 10.1. The third-order valence-electron chi connectivity index (χ3n) is 2.88. The number of aromatic nitrogens is 1. The molecule has 0 N–H and O–H groups in total. The summed E-state index contributed by atoms with van der Waals surface area (Å²) in [4.78, 5) is 16.9. The van der Waals surface area contributed by atoms with Gasteiger partial charge in [-0.05, 0) is 38.8 Å². The van der Waals surface area contributed by atoms with Crippen molar-refractivity contribution in [1.29, 1.82) is 0 Å². The zero-order valence-corrected chi connectivity index (χ0v) is 11.2. The first kappa shape index (κ1) is 14.6. The summed E-state index contributed by atoms with van der Waals surface area (Å²) in [6, 6.07) is 2.17. The van der Waals surface area contributed by atoms with Crippen molar-refractivity contribution in [2.75, 3.05) is 11.4 Å². The number of hydrogen-bond acceptors (Lipinski definition) is 3. The van der Waals surface area contributed by atoms with Crippen LogP contribution in [0.25, 0.3) is 0 Å². The van der Waals surface area contributed by atoms with Gasteiger partial charge in [0.2, 0.25) is 0 Å². The second kappa shape index (κ2) is 5.30. The van der Waals surface area contributed by atoms with Crippen LogP contribution in [0.4, 0.5) is 23.7 Å². The zero-order chi connectivity index (χ0) is 14.9. The second-order valence-electron chi connectivity index (χ2n) is 4.85. The predicted octanol–water partition coefficient (Wildman–Crippen LogP) is 3.40. The average Bonchev–Trinajstić information content (AvgIpc) is 2.35. The van der Waals surface area contributed by atoms with Gasteiger partial charge in [-0.2, -0.15) is 13.2 Å². The lowest BCUT2D eigenvalue weighted by molar-refractivity contribution is -0.141. The average molecular weight is 288 g/mol. The molecule has 2 heterocycles. The van der Waals surface area contributed by atoms with E-state index >= 15 is 0 Å². The minimum absolute atomic E-state index is 0.282. The Labute approximate surface area is 114 Å². The molecule has 0 atom stereocenters. The Kier molecular flexibility index (Phi) is 3.87. The Hall–Kier alpha value is -1.79. The van der Waals surface area contributed by atoms with Crippen LogP contribution in [-0.4, -0.2) is 23.7 Å². The van der Waals surface area contributed by atoms with Crippen LogP contribution in [-0.2, 0) is 17.3 Å². The molecule has 4 nitrogen and oxygen atoms in total. The molecule has 1 amide bonds. The quantitative estimate of drug-likeness (QED) is 0.795. The van der Waals surface area contributed by atoms with Crippen molar-refractivity contribution in [3.8, 4) is 0 Å². The molecule has 0 aromatic carbocycles. The zero-order valence-electron chi connectivity index (χ0n) is 11.2. The number of amides is 1. The van der Waals surface area contributed by atoms with Crippen LogP contribution < -0.4 is 4.90 Å². The number of alkyl halides is 3. The molecular weight excluding hydrogens is 273 g/mol.